The lowest BCUT2D eigenvalue weighted by atomic mass is 10.1. The minimum atomic E-state index is 0.786. The summed E-state index contributed by atoms with van der Waals surface area (Å²) >= 11 is 0. The second-order valence-corrected chi connectivity index (χ2v) is 7.30. The number of nitrogens with zero attached hydrogens (tertiary/aromatic N) is 5. The van der Waals surface area contributed by atoms with Gasteiger partial charge in [-0.3, -0.25) is 0 Å². The normalized spacial score (nSPS) is 14.2. The number of hydrogen-bond acceptors (Lipinski definition) is 6. The van der Waals surface area contributed by atoms with Gasteiger partial charge in [0.05, 0.1) is 0 Å². The molecule has 3 aromatic rings. The summed E-state index contributed by atoms with van der Waals surface area (Å²) in [6, 6.07) is 14.4. The van der Waals surface area contributed by atoms with Crippen LogP contribution in [0.3, 0.4) is 0 Å². The molecule has 0 unspecified atom stereocenters. The van der Waals surface area contributed by atoms with Crippen molar-refractivity contribution in [1.29, 1.82) is 0 Å². The highest BCUT2D eigenvalue weighted by atomic mass is 15.3. The monoisotopic (exact) mass is 374 g/mol. The Morgan fingerprint density at radius 3 is 2.39 bits per heavy atom. The quantitative estimate of drug-likeness (QED) is 0.748. The highest BCUT2D eigenvalue weighted by Crippen LogP contribution is 2.23. The van der Waals surface area contributed by atoms with E-state index in [1.807, 2.05) is 31.3 Å². The van der Waals surface area contributed by atoms with Crippen LogP contribution in [0, 0.1) is 20.8 Å². The summed E-state index contributed by atoms with van der Waals surface area (Å²) in [6.45, 7) is 9.80. The summed E-state index contributed by atoms with van der Waals surface area (Å²) in [4.78, 5) is 18.5. The smallest absolute Gasteiger partial charge is 0.227 e. The van der Waals surface area contributed by atoms with E-state index in [-0.39, 0.29) is 0 Å². The van der Waals surface area contributed by atoms with Crippen molar-refractivity contribution in [1.82, 2.24) is 15.0 Å². The predicted molar refractivity (Wildman–Crippen MR) is 115 cm³/mol. The molecule has 3 heterocycles. The molecule has 28 heavy (non-hydrogen) atoms. The van der Waals surface area contributed by atoms with Crippen LogP contribution < -0.4 is 15.1 Å². The molecule has 1 fully saturated rings. The number of piperazine rings is 1. The van der Waals surface area contributed by atoms with Crippen molar-refractivity contribution in [2.45, 2.75) is 20.8 Å². The fraction of sp³-hybridized carbons (Fsp3) is 0.318. The van der Waals surface area contributed by atoms with Crippen LogP contribution in [0.15, 0.2) is 48.7 Å². The van der Waals surface area contributed by atoms with Crippen molar-refractivity contribution in [3.8, 4) is 0 Å². The van der Waals surface area contributed by atoms with Crippen LogP contribution in [-0.4, -0.2) is 41.1 Å². The summed E-state index contributed by atoms with van der Waals surface area (Å²) in [5, 5.41) is 3.47. The van der Waals surface area contributed by atoms with Crippen LogP contribution in [0.1, 0.15) is 16.8 Å². The fourth-order valence-corrected chi connectivity index (χ4v) is 3.44. The van der Waals surface area contributed by atoms with E-state index in [1.54, 1.807) is 0 Å². The van der Waals surface area contributed by atoms with Gasteiger partial charge in [-0.25, -0.2) is 9.97 Å². The average Bonchev–Trinajstić information content (AvgIpc) is 2.71. The zero-order valence-electron chi connectivity index (χ0n) is 16.7. The van der Waals surface area contributed by atoms with Crippen molar-refractivity contribution < 1.29 is 0 Å². The molecular weight excluding hydrogens is 348 g/mol. The molecule has 0 radical (unpaired) electrons. The maximum absolute atomic E-state index is 4.79. The number of nitrogens with one attached hydrogen (secondary N) is 1. The summed E-state index contributed by atoms with van der Waals surface area (Å²) < 4.78 is 0. The van der Waals surface area contributed by atoms with Gasteiger partial charge in [-0.05, 0) is 50.1 Å². The molecule has 6 heteroatoms. The van der Waals surface area contributed by atoms with E-state index in [4.69, 9.17) is 4.98 Å². The third-order valence-electron chi connectivity index (χ3n) is 5.03. The average molecular weight is 374 g/mol. The molecule has 0 aliphatic carbocycles. The van der Waals surface area contributed by atoms with Crippen LogP contribution in [-0.2, 0) is 0 Å². The van der Waals surface area contributed by atoms with Gasteiger partial charge in [0, 0.05) is 49.8 Å². The highest BCUT2D eigenvalue weighted by molar-refractivity contribution is 5.62. The number of aromatic nitrogens is 3. The summed E-state index contributed by atoms with van der Waals surface area (Å²) in [6.07, 6.45) is 1.84. The Balaban J connectivity index is 1.49. The molecule has 1 saturated heterocycles. The van der Waals surface area contributed by atoms with E-state index >= 15 is 0 Å². The molecule has 1 aliphatic heterocycles. The van der Waals surface area contributed by atoms with Crippen molar-refractivity contribution in [2.75, 3.05) is 41.3 Å². The summed E-state index contributed by atoms with van der Waals surface area (Å²) in [5.41, 5.74) is 4.48. The topological polar surface area (TPSA) is 57.2 Å². The van der Waals surface area contributed by atoms with Gasteiger partial charge < -0.3 is 15.1 Å². The van der Waals surface area contributed by atoms with Crippen molar-refractivity contribution in [3.05, 3.63) is 65.5 Å². The number of hydrogen-bond donors (Lipinski definition) is 1. The number of aryl methyl sites for hydroxylation is 3. The highest BCUT2D eigenvalue weighted by Gasteiger charge is 2.20. The van der Waals surface area contributed by atoms with Crippen LogP contribution in [0.4, 0.5) is 23.3 Å². The second-order valence-electron chi connectivity index (χ2n) is 7.30. The lowest BCUT2D eigenvalue weighted by Gasteiger charge is -2.35. The molecule has 2 aromatic heterocycles. The Labute approximate surface area is 166 Å². The third-order valence-corrected chi connectivity index (χ3v) is 5.03. The zero-order valence-corrected chi connectivity index (χ0v) is 16.7. The van der Waals surface area contributed by atoms with E-state index in [0.717, 1.165) is 55.1 Å². The molecule has 0 atom stereocenters. The van der Waals surface area contributed by atoms with Crippen molar-refractivity contribution in [2.24, 2.45) is 0 Å². The van der Waals surface area contributed by atoms with Crippen molar-refractivity contribution in [3.63, 3.8) is 0 Å². The van der Waals surface area contributed by atoms with Gasteiger partial charge >= 0.3 is 0 Å². The van der Waals surface area contributed by atoms with E-state index in [2.05, 4.69) is 63.2 Å². The summed E-state index contributed by atoms with van der Waals surface area (Å²) in [7, 11) is 0. The first kappa shape index (κ1) is 18.2. The standard InChI is InChI=1S/C22H26N6/c1-16-7-8-17(2)19(14-16)25-20-15-18(3)24-22(26-20)28-12-10-27(11-13-28)21-6-4-5-9-23-21/h4-9,14-15H,10-13H2,1-3H3,(H,24,25,26). The van der Waals surface area contributed by atoms with Gasteiger partial charge in [-0.15, -0.1) is 0 Å². The minimum absolute atomic E-state index is 0.786. The molecule has 6 nitrogen and oxygen atoms in total. The molecule has 0 bridgehead atoms. The Morgan fingerprint density at radius 2 is 1.64 bits per heavy atom. The van der Waals surface area contributed by atoms with E-state index in [1.165, 1.54) is 11.1 Å². The SMILES string of the molecule is Cc1ccc(C)c(Nc2cc(C)nc(N3CCN(c4ccccn4)CC3)n2)c1. The Morgan fingerprint density at radius 1 is 0.857 bits per heavy atom. The fourth-order valence-electron chi connectivity index (χ4n) is 3.44. The van der Waals surface area contributed by atoms with Crippen LogP contribution >= 0.6 is 0 Å². The Bertz CT molecular complexity index is 948. The first-order valence-corrected chi connectivity index (χ1v) is 9.69. The molecule has 1 N–H and O–H groups in total. The van der Waals surface area contributed by atoms with Crippen LogP contribution in [0.5, 0.6) is 0 Å². The maximum atomic E-state index is 4.79. The number of rotatable bonds is 4. The Kier molecular flexibility index (Phi) is 5.10. The lowest BCUT2D eigenvalue weighted by molar-refractivity contribution is 0.634. The zero-order chi connectivity index (χ0) is 19.5. The maximum Gasteiger partial charge on any atom is 0.227 e. The van der Waals surface area contributed by atoms with Crippen LogP contribution in [0.2, 0.25) is 0 Å². The molecular formula is C22H26N6. The van der Waals surface area contributed by atoms with Gasteiger partial charge in [-0.1, -0.05) is 18.2 Å². The molecule has 4 rings (SSSR count). The largest absolute Gasteiger partial charge is 0.353 e. The molecule has 144 valence electrons. The van der Waals surface area contributed by atoms with Crippen LogP contribution in [0.25, 0.3) is 0 Å². The lowest BCUT2D eigenvalue weighted by Crippen LogP contribution is -2.47. The molecule has 1 aliphatic rings. The van der Waals surface area contributed by atoms with Gasteiger partial charge in [0.25, 0.3) is 0 Å². The van der Waals surface area contributed by atoms with E-state index in [0.29, 0.717) is 0 Å². The van der Waals surface area contributed by atoms with Crippen molar-refractivity contribution >= 4 is 23.3 Å². The second kappa shape index (κ2) is 7.84. The minimum Gasteiger partial charge on any atom is -0.353 e. The predicted octanol–water partition coefficient (Wildman–Crippen LogP) is 3.87. The van der Waals surface area contributed by atoms with Gasteiger partial charge in [-0.2, -0.15) is 4.98 Å². The van der Waals surface area contributed by atoms with Gasteiger partial charge in [0.2, 0.25) is 5.95 Å². The summed E-state index contributed by atoms with van der Waals surface area (Å²) in [5.74, 6) is 2.65. The molecule has 1 aromatic carbocycles. The Hall–Kier alpha value is -3.15. The number of benzene rings is 1. The van der Waals surface area contributed by atoms with E-state index in [9.17, 15) is 0 Å². The number of pyridine rings is 1. The third kappa shape index (κ3) is 4.06. The molecule has 0 spiro atoms. The van der Waals surface area contributed by atoms with Gasteiger partial charge in [0.15, 0.2) is 0 Å². The molecule has 0 saturated carbocycles. The first-order chi connectivity index (χ1) is 13.6. The first-order valence-electron chi connectivity index (χ1n) is 9.69. The number of anilines is 4. The van der Waals surface area contributed by atoms with Gasteiger partial charge in [0.1, 0.15) is 11.6 Å². The van der Waals surface area contributed by atoms with E-state index < -0.39 is 0 Å². The molecule has 0 amide bonds.